The lowest BCUT2D eigenvalue weighted by Gasteiger charge is -2.11. The van der Waals surface area contributed by atoms with Crippen molar-refractivity contribution >= 4 is 24.5 Å². The van der Waals surface area contributed by atoms with Crippen LogP contribution in [0.3, 0.4) is 0 Å². The van der Waals surface area contributed by atoms with E-state index in [-0.39, 0.29) is 0 Å². The van der Waals surface area contributed by atoms with Crippen molar-refractivity contribution in [2.24, 2.45) is 5.16 Å². The zero-order chi connectivity index (χ0) is 10.9. The molecule has 5 heteroatoms. The Hall–Kier alpha value is -0.136. The maximum Gasteiger partial charge on any atom is 0.169 e. The van der Waals surface area contributed by atoms with Crippen molar-refractivity contribution in [1.29, 1.82) is 0 Å². The summed E-state index contributed by atoms with van der Waals surface area (Å²) in [6, 6.07) is 0. The van der Waals surface area contributed by atoms with Gasteiger partial charge in [0.2, 0.25) is 0 Å². The lowest BCUT2D eigenvalue weighted by atomic mass is 10.2. The molecule has 13 heavy (non-hydrogen) atoms. The van der Waals surface area contributed by atoms with E-state index in [1.807, 2.05) is 13.8 Å². The summed E-state index contributed by atoms with van der Waals surface area (Å²) in [4.78, 5) is 0. The molecule has 0 aliphatic rings. The Kier molecular flexibility index (Phi) is 9.99. The topological polar surface area (TPSA) is 41.8 Å². The average Bonchev–Trinajstić information content (AvgIpc) is 2.07. The van der Waals surface area contributed by atoms with E-state index >= 15 is 0 Å². The molecular weight excluding hydrogens is 198 g/mol. The van der Waals surface area contributed by atoms with Crippen molar-refractivity contribution in [2.45, 2.75) is 46.3 Å². The van der Waals surface area contributed by atoms with Gasteiger partial charge in [-0.2, -0.15) is 0 Å². The normalized spacial score (nSPS) is 10.2. The first-order valence-electron chi connectivity index (χ1n) is 4.66. The van der Waals surface area contributed by atoms with Gasteiger partial charge in [-0.3, -0.25) is 0 Å². The van der Waals surface area contributed by atoms with Crippen LogP contribution in [0.15, 0.2) is 5.16 Å². The van der Waals surface area contributed by atoms with Crippen LogP contribution in [0.2, 0.25) is 19.6 Å². The Morgan fingerprint density at radius 2 is 1.62 bits per heavy atom. The molecule has 0 radical (unpaired) electrons. The van der Waals surface area contributed by atoms with E-state index in [1.165, 1.54) is 0 Å². The summed E-state index contributed by atoms with van der Waals surface area (Å²) in [7, 11) is -0.160. The maximum atomic E-state index is 8.11. The van der Waals surface area contributed by atoms with Gasteiger partial charge in [0.05, 0.1) is 5.71 Å². The second-order valence-electron chi connectivity index (χ2n) is 3.69. The Bertz CT molecular complexity index is 138. The minimum absolute atomic E-state index is 0.854. The van der Waals surface area contributed by atoms with Gasteiger partial charge in [0, 0.05) is 0 Å². The van der Waals surface area contributed by atoms with Crippen LogP contribution < -0.4 is 0 Å². The van der Waals surface area contributed by atoms with Gasteiger partial charge in [-0.25, -0.2) is 0 Å². The van der Waals surface area contributed by atoms with Gasteiger partial charge in [-0.05, 0) is 32.5 Å². The van der Waals surface area contributed by atoms with E-state index in [1.54, 1.807) is 0 Å². The first-order valence-corrected chi connectivity index (χ1v) is 8.88. The summed E-state index contributed by atoms with van der Waals surface area (Å²) in [5.41, 5.74) is 0.861. The van der Waals surface area contributed by atoms with Gasteiger partial charge in [0.25, 0.3) is 0 Å². The number of hydrogen-bond acceptors (Lipinski definition) is 3. The molecule has 0 unspecified atom stereocenters. The number of hydrogen-bond donors (Lipinski definition) is 1. The van der Waals surface area contributed by atoms with Gasteiger partial charge in [-0.1, -0.05) is 19.0 Å². The van der Waals surface area contributed by atoms with E-state index < -0.39 is 8.32 Å². The second kappa shape index (κ2) is 8.46. The first kappa shape index (κ1) is 15.3. The number of rotatable bonds is 3. The summed E-state index contributed by atoms with van der Waals surface area (Å²) in [5.74, 6) is 0. The Balaban J connectivity index is 0. The molecular formula is C8H23NO2Si2. The second-order valence-corrected chi connectivity index (χ2v) is 9.55. The van der Waals surface area contributed by atoms with Crippen molar-refractivity contribution in [2.75, 3.05) is 0 Å². The molecule has 0 spiro atoms. The van der Waals surface area contributed by atoms with Gasteiger partial charge in [-0.15, -0.1) is 0 Å². The fraction of sp³-hybridized carbons (Fsp3) is 0.875. The van der Waals surface area contributed by atoms with Gasteiger partial charge >= 0.3 is 0 Å². The van der Waals surface area contributed by atoms with E-state index in [9.17, 15) is 0 Å². The molecule has 0 aromatic heterocycles. The van der Waals surface area contributed by atoms with Crippen LogP contribution in [-0.4, -0.2) is 29.7 Å². The van der Waals surface area contributed by atoms with Crippen LogP contribution in [0.4, 0.5) is 0 Å². The van der Waals surface area contributed by atoms with Crippen molar-refractivity contribution in [3.63, 3.8) is 0 Å². The van der Waals surface area contributed by atoms with Gasteiger partial charge in [0.1, 0.15) is 10.5 Å². The van der Waals surface area contributed by atoms with E-state index in [2.05, 4.69) is 24.8 Å². The van der Waals surface area contributed by atoms with E-state index in [0.717, 1.165) is 29.0 Å². The molecule has 0 fully saturated rings. The van der Waals surface area contributed by atoms with Crippen LogP contribution >= 0.6 is 0 Å². The summed E-state index contributed by atoms with van der Waals surface area (Å²) in [5, 5.41) is 11.2. The standard InChI is InChI=1S/C5H11NO.C3H12OSi2/c1-3-5(4-2)6-7;1-6(2,3)4-5/h7H,3-4H2,1-2H3;1-3,5H3. The lowest BCUT2D eigenvalue weighted by Crippen LogP contribution is -2.23. The van der Waals surface area contributed by atoms with E-state index in [4.69, 9.17) is 9.32 Å². The minimum atomic E-state index is -1.07. The predicted molar refractivity (Wildman–Crippen MR) is 64.2 cm³/mol. The monoisotopic (exact) mass is 221 g/mol. The molecule has 0 saturated carbocycles. The van der Waals surface area contributed by atoms with Crippen molar-refractivity contribution in [3.8, 4) is 0 Å². The van der Waals surface area contributed by atoms with Crippen LogP contribution in [0, 0.1) is 0 Å². The van der Waals surface area contributed by atoms with Gasteiger partial charge < -0.3 is 9.32 Å². The zero-order valence-corrected chi connectivity index (χ0v) is 12.7. The smallest absolute Gasteiger partial charge is 0.169 e. The van der Waals surface area contributed by atoms with Gasteiger partial charge in [0.15, 0.2) is 8.32 Å². The lowest BCUT2D eigenvalue weighted by molar-refractivity contribution is 0.316. The van der Waals surface area contributed by atoms with Crippen LogP contribution in [-0.2, 0) is 4.12 Å². The average molecular weight is 221 g/mol. The third-order valence-corrected chi connectivity index (χ3v) is 6.47. The predicted octanol–water partition coefficient (Wildman–Crippen LogP) is 1.75. The van der Waals surface area contributed by atoms with Crippen LogP contribution in [0.1, 0.15) is 26.7 Å². The highest BCUT2D eigenvalue weighted by Gasteiger charge is 2.08. The first-order chi connectivity index (χ1) is 5.91. The molecule has 80 valence electrons. The van der Waals surface area contributed by atoms with Crippen LogP contribution in [0.5, 0.6) is 0 Å². The zero-order valence-electron chi connectivity index (χ0n) is 9.72. The molecule has 0 aromatic carbocycles. The molecule has 0 rings (SSSR count). The molecule has 0 bridgehead atoms. The van der Waals surface area contributed by atoms with Crippen molar-refractivity contribution < 1.29 is 9.32 Å². The fourth-order valence-corrected chi connectivity index (χ4v) is 0.391. The molecule has 0 heterocycles. The highest BCUT2D eigenvalue weighted by Crippen LogP contribution is 1.96. The minimum Gasteiger partial charge on any atom is -0.464 e. The number of nitrogens with zero attached hydrogens (tertiary/aromatic N) is 1. The third kappa shape index (κ3) is 14.7. The fourth-order valence-electron chi connectivity index (χ4n) is 0.391. The Labute approximate surface area is 85.9 Å². The van der Waals surface area contributed by atoms with Crippen molar-refractivity contribution in [3.05, 3.63) is 0 Å². The molecule has 3 nitrogen and oxygen atoms in total. The molecule has 0 atom stereocenters. The Morgan fingerprint density at radius 3 is 1.62 bits per heavy atom. The van der Waals surface area contributed by atoms with E-state index in [0.29, 0.717) is 0 Å². The summed E-state index contributed by atoms with van der Waals surface area (Å²) in [6.45, 7) is 10.5. The molecule has 1 N–H and O–H groups in total. The highest BCUT2D eigenvalue weighted by atomic mass is 28.4. The summed E-state index contributed by atoms with van der Waals surface area (Å²) < 4.78 is 5.22. The SMILES string of the molecule is CCC(CC)=NO.C[Si](C)(C)O[SiH3]. The van der Waals surface area contributed by atoms with Crippen molar-refractivity contribution in [1.82, 2.24) is 0 Å². The molecule has 0 aliphatic heterocycles. The molecule has 0 aromatic rings. The molecule has 0 saturated heterocycles. The summed E-state index contributed by atoms with van der Waals surface area (Å²) >= 11 is 0. The number of oxime groups is 1. The summed E-state index contributed by atoms with van der Waals surface area (Å²) in [6.07, 6.45) is 1.71. The maximum absolute atomic E-state index is 8.11. The largest absolute Gasteiger partial charge is 0.464 e. The van der Waals surface area contributed by atoms with Crippen LogP contribution in [0.25, 0.3) is 0 Å². The Morgan fingerprint density at radius 1 is 1.31 bits per heavy atom. The quantitative estimate of drug-likeness (QED) is 0.341. The highest BCUT2D eigenvalue weighted by molar-refractivity contribution is 6.72. The molecule has 0 aliphatic carbocycles. The third-order valence-electron chi connectivity index (χ3n) is 1.57. The molecule has 0 amide bonds.